The molecule has 0 aromatic heterocycles. The van der Waals surface area contributed by atoms with Gasteiger partial charge in [0.2, 0.25) is 5.91 Å². The summed E-state index contributed by atoms with van der Waals surface area (Å²) in [5.74, 6) is 0.110. The van der Waals surface area contributed by atoms with Crippen LogP contribution in [0.2, 0.25) is 0 Å². The van der Waals surface area contributed by atoms with Crippen molar-refractivity contribution in [3.05, 3.63) is 0 Å². The van der Waals surface area contributed by atoms with Crippen molar-refractivity contribution in [3.8, 4) is 0 Å². The number of nitrogens with one attached hydrogen (secondary N) is 1. The van der Waals surface area contributed by atoms with Gasteiger partial charge in [-0.05, 0) is 20.8 Å². The summed E-state index contributed by atoms with van der Waals surface area (Å²) in [5.41, 5.74) is -0.260. The molecule has 0 radical (unpaired) electrons. The highest BCUT2D eigenvalue weighted by Gasteiger charge is 2.40. The number of ether oxygens (including phenoxy) is 1. The summed E-state index contributed by atoms with van der Waals surface area (Å²) in [5, 5.41) is 2.87. The van der Waals surface area contributed by atoms with E-state index in [1.807, 2.05) is 34.6 Å². The summed E-state index contributed by atoms with van der Waals surface area (Å²) in [4.78, 5) is 11.4. The molecule has 13 heavy (non-hydrogen) atoms. The number of hydrogen-bond acceptors (Lipinski definition) is 2. The molecule has 1 aliphatic rings. The summed E-state index contributed by atoms with van der Waals surface area (Å²) >= 11 is 0. The standard InChI is InChI=1S/C8H15NO2.C2H6/c1-6(2)9-7(10)8(3)4-11-5-8;1-2/h6H,4-5H2,1-3H3,(H,9,10);1-2H3. The highest BCUT2D eigenvalue weighted by Crippen LogP contribution is 2.26. The first-order valence-corrected chi connectivity index (χ1v) is 4.93. The maximum Gasteiger partial charge on any atom is 0.230 e. The molecule has 3 heteroatoms. The summed E-state index contributed by atoms with van der Waals surface area (Å²) < 4.78 is 4.98. The summed E-state index contributed by atoms with van der Waals surface area (Å²) in [6.07, 6.45) is 0. The van der Waals surface area contributed by atoms with Gasteiger partial charge in [-0.3, -0.25) is 4.79 Å². The van der Waals surface area contributed by atoms with Gasteiger partial charge in [-0.2, -0.15) is 0 Å². The molecule has 0 atom stereocenters. The van der Waals surface area contributed by atoms with Crippen LogP contribution in [0.25, 0.3) is 0 Å². The highest BCUT2D eigenvalue weighted by atomic mass is 16.5. The molecule has 0 bridgehead atoms. The molecule has 78 valence electrons. The fourth-order valence-corrected chi connectivity index (χ4v) is 0.976. The van der Waals surface area contributed by atoms with Gasteiger partial charge in [0.05, 0.1) is 18.6 Å². The lowest BCUT2D eigenvalue weighted by Crippen LogP contribution is -2.53. The summed E-state index contributed by atoms with van der Waals surface area (Å²) in [6.45, 7) is 11.0. The normalized spacial score (nSPS) is 18.3. The quantitative estimate of drug-likeness (QED) is 0.712. The van der Waals surface area contributed by atoms with E-state index in [2.05, 4.69) is 5.32 Å². The molecule has 1 rings (SSSR count). The van der Waals surface area contributed by atoms with Crippen LogP contribution in [-0.4, -0.2) is 25.2 Å². The van der Waals surface area contributed by atoms with Crippen molar-refractivity contribution in [1.29, 1.82) is 0 Å². The number of carbonyl (C=O) groups is 1. The first kappa shape index (κ1) is 12.4. The monoisotopic (exact) mass is 187 g/mol. The van der Waals surface area contributed by atoms with E-state index >= 15 is 0 Å². The van der Waals surface area contributed by atoms with Crippen molar-refractivity contribution >= 4 is 5.91 Å². The second kappa shape index (κ2) is 5.22. The number of amides is 1. The van der Waals surface area contributed by atoms with Crippen molar-refractivity contribution in [2.45, 2.75) is 40.7 Å². The van der Waals surface area contributed by atoms with Gasteiger partial charge in [-0.15, -0.1) is 0 Å². The Hall–Kier alpha value is -0.570. The summed E-state index contributed by atoms with van der Waals surface area (Å²) in [6, 6.07) is 0.222. The van der Waals surface area contributed by atoms with Gasteiger partial charge in [-0.1, -0.05) is 13.8 Å². The van der Waals surface area contributed by atoms with Crippen LogP contribution in [0.4, 0.5) is 0 Å². The Balaban J connectivity index is 0.000000671. The van der Waals surface area contributed by atoms with Gasteiger partial charge in [-0.25, -0.2) is 0 Å². The molecule has 1 amide bonds. The number of carbonyl (C=O) groups excluding carboxylic acids is 1. The average molecular weight is 187 g/mol. The van der Waals surface area contributed by atoms with Crippen LogP contribution in [0.5, 0.6) is 0 Å². The third-order valence-corrected chi connectivity index (χ3v) is 1.81. The molecule has 0 unspecified atom stereocenters. The van der Waals surface area contributed by atoms with Crippen molar-refractivity contribution < 1.29 is 9.53 Å². The molecule has 3 nitrogen and oxygen atoms in total. The van der Waals surface area contributed by atoms with Crippen LogP contribution in [0.15, 0.2) is 0 Å². The largest absolute Gasteiger partial charge is 0.379 e. The first-order chi connectivity index (χ1) is 6.04. The average Bonchev–Trinajstić information content (AvgIpc) is 2.02. The lowest BCUT2D eigenvalue weighted by atomic mass is 9.87. The Kier molecular flexibility index (Phi) is 4.99. The highest BCUT2D eigenvalue weighted by molar-refractivity contribution is 5.83. The van der Waals surface area contributed by atoms with Gasteiger partial charge in [0.15, 0.2) is 0 Å². The minimum Gasteiger partial charge on any atom is -0.379 e. The molecule has 0 spiro atoms. The summed E-state index contributed by atoms with van der Waals surface area (Å²) in [7, 11) is 0. The molecule has 0 aliphatic carbocycles. The molecule has 0 aromatic carbocycles. The zero-order valence-electron chi connectivity index (χ0n) is 9.31. The van der Waals surface area contributed by atoms with E-state index in [0.717, 1.165) is 0 Å². The van der Waals surface area contributed by atoms with Crippen molar-refractivity contribution in [2.75, 3.05) is 13.2 Å². The van der Waals surface area contributed by atoms with E-state index in [4.69, 9.17) is 4.74 Å². The smallest absolute Gasteiger partial charge is 0.230 e. The van der Waals surface area contributed by atoms with Crippen LogP contribution >= 0.6 is 0 Å². The van der Waals surface area contributed by atoms with Crippen molar-refractivity contribution in [2.24, 2.45) is 5.41 Å². The SMILES string of the molecule is CC.CC(C)NC(=O)C1(C)COC1. The Morgan fingerprint density at radius 2 is 1.85 bits per heavy atom. The molecule has 1 N–H and O–H groups in total. The van der Waals surface area contributed by atoms with Crippen molar-refractivity contribution in [3.63, 3.8) is 0 Å². The van der Waals surface area contributed by atoms with Crippen LogP contribution in [-0.2, 0) is 9.53 Å². The topological polar surface area (TPSA) is 38.3 Å². The maximum atomic E-state index is 11.4. The Bertz CT molecular complexity index is 162. The van der Waals surface area contributed by atoms with E-state index in [-0.39, 0.29) is 17.4 Å². The van der Waals surface area contributed by atoms with Gasteiger partial charge >= 0.3 is 0 Å². The lowest BCUT2D eigenvalue weighted by molar-refractivity contribution is -0.158. The predicted molar refractivity (Wildman–Crippen MR) is 53.6 cm³/mol. The maximum absolute atomic E-state index is 11.4. The number of rotatable bonds is 2. The molecular weight excluding hydrogens is 166 g/mol. The zero-order valence-corrected chi connectivity index (χ0v) is 9.31. The minimum absolute atomic E-state index is 0.110. The molecule has 1 heterocycles. The van der Waals surface area contributed by atoms with Crippen LogP contribution in [0, 0.1) is 5.41 Å². The fraction of sp³-hybridized carbons (Fsp3) is 0.900. The minimum atomic E-state index is -0.260. The van der Waals surface area contributed by atoms with Crippen LogP contribution < -0.4 is 5.32 Å². The lowest BCUT2D eigenvalue weighted by Gasteiger charge is -2.36. The van der Waals surface area contributed by atoms with E-state index < -0.39 is 0 Å². The van der Waals surface area contributed by atoms with Crippen LogP contribution in [0.1, 0.15) is 34.6 Å². The van der Waals surface area contributed by atoms with E-state index in [0.29, 0.717) is 13.2 Å². The van der Waals surface area contributed by atoms with Crippen LogP contribution in [0.3, 0.4) is 0 Å². The second-order valence-electron chi connectivity index (χ2n) is 3.68. The molecule has 0 aromatic rings. The zero-order chi connectivity index (χ0) is 10.5. The fourth-order valence-electron chi connectivity index (χ4n) is 0.976. The second-order valence-corrected chi connectivity index (χ2v) is 3.68. The Labute approximate surface area is 80.8 Å². The van der Waals surface area contributed by atoms with Gasteiger partial charge in [0, 0.05) is 6.04 Å². The van der Waals surface area contributed by atoms with E-state index in [1.165, 1.54) is 0 Å². The third kappa shape index (κ3) is 3.35. The van der Waals surface area contributed by atoms with Gasteiger partial charge in [0.25, 0.3) is 0 Å². The Morgan fingerprint density at radius 1 is 1.38 bits per heavy atom. The van der Waals surface area contributed by atoms with E-state index in [9.17, 15) is 4.79 Å². The van der Waals surface area contributed by atoms with Gasteiger partial charge in [0.1, 0.15) is 0 Å². The van der Waals surface area contributed by atoms with Gasteiger partial charge < -0.3 is 10.1 Å². The van der Waals surface area contributed by atoms with E-state index in [1.54, 1.807) is 0 Å². The first-order valence-electron chi connectivity index (χ1n) is 4.93. The third-order valence-electron chi connectivity index (χ3n) is 1.81. The number of hydrogen-bond donors (Lipinski definition) is 1. The molecule has 1 saturated heterocycles. The predicted octanol–water partition coefficient (Wildman–Crippen LogP) is 1.57. The molecule has 1 fully saturated rings. The van der Waals surface area contributed by atoms with Crippen molar-refractivity contribution in [1.82, 2.24) is 5.32 Å². The molecule has 1 aliphatic heterocycles. The Morgan fingerprint density at radius 3 is 2.08 bits per heavy atom. The molecular formula is C10H21NO2. The molecule has 0 saturated carbocycles.